The summed E-state index contributed by atoms with van der Waals surface area (Å²) in [5.41, 5.74) is 0.189. The lowest BCUT2D eigenvalue weighted by Gasteiger charge is -2.28. The lowest BCUT2D eigenvalue weighted by molar-refractivity contribution is -0.384. The number of aryl methyl sites for hydroxylation is 1. The fraction of sp³-hybridized carbons (Fsp3) is 0.636. The molecular formula is C22H33N3O6. The molecule has 0 saturated heterocycles. The third-order valence-electron chi connectivity index (χ3n) is 5.32. The van der Waals surface area contributed by atoms with Gasteiger partial charge in [0.15, 0.2) is 6.10 Å². The second kappa shape index (κ2) is 10.1. The van der Waals surface area contributed by atoms with Gasteiger partial charge in [-0.15, -0.1) is 0 Å². The minimum Gasteiger partial charge on any atom is -0.467 e. The molecular weight excluding hydrogens is 402 g/mol. The largest absolute Gasteiger partial charge is 0.467 e. The number of ether oxygens (including phenoxy) is 2. The Balaban J connectivity index is 2.43. The molecule has 31 heavy (non-hydrogen) atoms. The Morgan fingerprint density at radius 1 is 1.19 bits per heavy atom. The number of benzene rings is 1. The van der Waals surface area contributed by atoms with E-state index in [1.807, 2.05) is 0 Å². The Morgan fingerprint density at radius 3 is 2.32 bits per heavy atom. The fourth-order valence-corrected chi connectivity index (χ4v) is 3.86. The van der Waals surface area contributed by atoms with Crippen LogP contribution in [0.2, 0.25) is 0 Å². The quantitative estimate of drug-likeness (QED) is 0.380. The number of carbonyl (C=O) groups excluding carboxylic acids is 2. The Labute approximate surface area is 183 Å². The topological polar surface area (TPSA) is 120 Å². The van der Waals surface area contributed by atoms with E-state index in [0.717, 1.165) is 32.1 Å². The van der Waals surface area contributed by atoms with Crippen LogP contribution in [0.3, 0.4) is 0 Å². The molecule has 0 aromatic heterocycles. The van der Waals surface area contributed by atoms with Crippen molar-refractivity contribution in [2.24, 2.45) is 0 Å². The van der Waals surface area contributed by atoms with Crippen LogP contribution in [-0.2, 0) is 14.3 Å². The highest BCUT2D eigenvalue weighted by atomic mass is 16.6. The molecule has 2 rings (SSSR count). The molecule has 1 atom stereocenters. The van der Waals surface area contributed by atoms with Crippen LogP contribution in [0, 0.1) is 24.0 Å². The molecule has 1 fully saturated rings. The molecule has 0 radical (unpaired) electrons. The van der Waals surface area contributed by atoms with Crippen molar-refractivity contribution in [1.82, 2.24) is 5.32 Å². The number of amides is 2. The Morgan fingerprint density at radius 2 is 1.81 bits per heavy atom. The van der Waals surface area contributed by atoms with Crippen LogP contribution < -0.4 is 10.6 Å². The first-order chi connectivity index (χ1) is 14.4. The summed E-state index contributed by atoms with van der Waals surface area (Å²) in [6, 6.07) is 1.23. The number of anilines is 1. The molecule has 2 N–H and O–H groups in total. The number of nitrogens with one attached hydrogen (secondary N) is 2. The lowest BCUT2D eigenvalue weighted by Crippen LogP contribution is -2.39. The highest BCUT2D eigenvalue weighted by molar-refractivity contribution is 5.94. The van der Waals surface area contributed by atoms with Gasteiger partial charge >= 0.3 is 12.0 Å². The Kier molecular flexibility index (Phi) is 8.00. The molecule has 0 heterocycles. The van der Waals surface area contributed by atoms with Gasteiger partial charge in [-0.1, -0.05) is 25.3 Å². The van der Waals surface area contributed by atoms with Gasteiger partial charge in [0.05, 0.1) is 17.6 Å². The van der Waals surface area contributed by atoms with Crippen molar-refractivity contribution in [1.29, 1.82) is 0 Å². The highest BCUT2D eigenvalue weighted by Crippen LogP contribution is 2.39. The normalized spacial score (nSPS) is 15.8. The molecule has 9 heteroatoms. The van der Waals surface area contributed by atoms with Crippen LogP contribution in [0.5, 0.6) is 0 Å². The third kappa shape index (κ3) is 6.40. The van der Waals surface area contributed by atoms with Gasteiger partial charge in [-0.05, 0) is 53.0 Å². The van der Waals surface area contributed by atoms with Gasteiger partial charge in [0, 0.05) is 17.2 Å². The fourth-order valence-electron chi connectivity index (χ4n) is 3.86. The number of hydrogen-bond acceptors (Lipinski definition) is 6. The molecule has 9 nitrogen and oxygen atoms in total. The molecule has 0 aliphatic heterocycles. The molecule has 1 saturated carbocycles. The predicted molar refractivity (Wildman–Crippen MR) is 117 cm³/mol. The van der Waals surface area contributed by atoms with Gasteiger partial charge in [-0.2, -0.15) is 0 Å². The average molecular weight is 436 g/mol. The summed E-state index contributed by atoms with van der Waals surface area (Å²) >= 11 is 0. The zero-order chi connectivity index (χ0) is 23.3. The number of nitro groups is 1. The van der Waals surface area contributed by atoms with Crippen molar-refractivity contribution in [3.05, 3.63) is 32.9 Å². The molecule has 1 aromatic carbocycles. The molecule has 0 bridgehead atoms. The number of nitrogens with zero attached hydrogens (tertiary/aromatic N) is 1. The smallest absolute Gasteiger partial charge is 0.339 e. The minimum atomic E-state index is -1.13. The van der Waals surface area contributed by atoms with Crippen LogP contribution in [0.15, 0.2) is 6.07 Å². The maximum Gasteiger partial charge on any atom is 0.339 e. The zero-order valence-electron chi connectivity index (χ0n) is 19.2. The number of esters is 1. The second-order valence-corrected chi connectivity index (χ2v) is 8.96. The first-order valence-electron chi connectivity index (χ1n) is 10.6. The van der Waals surface area contributed by atoms with E-state index >= 15 is 0 Å². The standard InChI is InChI=1S/C22H33N3O6/c1-13-12-16(19(20(26)30-6)31-22(3,4)5)14(2)18(25(28)29)17(13)24-21(27)23-15-10-8-7-9-11-15/h12,15,19H,7-11H2,1-6H3,(H2,23,24,27). The van der Waals surface area contributed by atoms with Crippen molar-refractivity contribution in [3.63, 3.8) is 0 Å². The van der Waals surface area contributed by atoms with E-state index in [4.69, 9.17) is 9.47 Å². The van der Waals surface area contributed by atoms with Gasteiger partial charge in [-0.25, -0.2) is 9.59 Å². The Hall–Kier alpha value is -2.68. The highest BCUT2D eigenvalue weighted by Gasteiger charge is 2.34. The lowest BCUT2D eigenvalue weighted by atomic mass is 9.95. The van der Waals surface area contributed by atoms with Crippen molar-refractivity contribution >= 4 is 23.4 Å². The van der Waals surface area contributed by atoms with Crippen LogP contribution in [0.25, 0.3) is 0 Å². The molecule has 1 unspecified atom stereocenters. The third-order valence-corrected chi connectivity index (χ3v) is 5.32. The second-order valence-electron chi connectivity index (χ2n) is 8.96. The first kappa shape index (κ1) is 24.6. The van der Waals surface area contributed by atoms with Crippen LogP contribution in [0.4, 0.5) is 16.2 Å². The van der Waals surface area contributed by atoms with Crippen molar-refractivity contribution in [2.75, 3.05) is 12.4 Å². The maximum atomic E-state index is 12.5. The number of hydrogen-bond donors (Lipinski definition) is 2. The van der Waals surface area contributed by atoms with E-state index in [-0.39, 0.29) is 23.0 Å². The molecule has 2 amide bonds. The van der Waals surface area contributed by atoms with Gasteiger partial charge in [-0.3, -0.25) is 10.1 Å². The monoisotopic (exact) mass is 435 g/mol. The molecule has 172 valence electrons. The van der Waals surface area contributed by atoms with Gasteiger partial charge < -0.3 is 20.1 Å². The minimum absolute atomic E-state index is 0.0670. The molecule has 0 spiro atoms. The van der Waals surface area contributed by atoms with Gasteiger partial charge in [0.2, 0.25) is 0 Å². The van der Waals surface area contributed by atoms with Gasteiger partial charge in [0.1, 0.15) is 5.69 Å². The van der Waals surface area contributed by atoms with Crippen LogP contribution >= 0.6 is 0 Å². The number of urea groups is 1. The van der Waals surface area contributed by atoms with Gasteiger partial charge in [0.25, 0.3) is 5.69 Å². The van der Waals surface area contributed by atoms with E-state index in [2.05, 4.69) is 10.6 Å². The van der Waals surface area contributed by atoms with Crippen molar-refractivity contribution < 1.29 is 24.0 Å². The van der Waals surface area contributed by atoms with E-state index in [9.17, 15) is 19.7 Å². The van der Waals surface area contributed by atoms with Crippen molar-refractivity contribution in [2.45, 2.75) is 84.5 Å². The number of rotatable bonds is 6. The summed E-state index contributed by atoms with van der Waals surface area (Å²) in [4.78, 5) is 36.4. The number of nitro benzene ring substituents is 1. The zero-order valence-corrected chi connectivity index (χ0v) is 19.2. The van der Waals surface area contributed by atoms with E-state index in [1.165, 1.54) is 7.11 Å². The summed E-state index contributed by atoms with van der Waals surface area (Å²) in [7, 11) is 1.24. The van der Waals surface area contributed by atoms with Crippen LogP contribution in [-0.4, -0.2) is 35.7 Å². The van der Waals surface area contributed by atoms with E-state index in [1.54, 1.807) is 40.7 Å². The molecule has 1 aliphatic rings. The SMILES string of the molecule is COC(=O)C(OC(C)(C)C)c1cc(C)c(NC(=O)NC2CCCCC2)c([N+](=O)[O-])c1C. The summed E-state index contributed by atoms with van der Waals surface area (Å²) in [6.07, 6.45) is 3.94. The van der Waals surface area contributed by atoms with E-state index < -0.39 is 28.6 Å². The van der Waals surface area contributed by atoms with Crippen molar-refractivity contribution in [3.8, 4) is 0 Å². The van der Waals surface area contributed by atoms with E-state index in [0.29, 0.717) is 11.1 Å². The molecule has 1 aromatic rings. The maximum absolute atomic E-state index is 12.5. The first-order valence-corrected chi connectivity index (χ1v) is 10.6. The summed E-state index contributed by atoms with van der Waals surface area (Å²) in [6.45, 7) is 8.54. The number of carbonyl (C=O) groups is 2. The summed E-state index contributed by atoms with van der Waals surface area (Å²) in [5, 5.41) is 17.5. The Bertz CT molecular complexity index is 841. The summed E-state index contributed by atoms with van der Waals surface area (Å²) in [5.74, 6) is -0.650. The summed E-state index contributed by atoms with van der Waals surface area (Å²) < 4.78 is 10.7. The number of methoxy groups -OCH3 is 1. The predicted octanol–water partition coefficient (Wildman–Crippen LogP) is 4.70. The van der Waals surface area contributed by atoms with Crippen LogP contribution in [0.1, 0.15) is 75.7 Å². The molecule has 1 aliphatic carbocycles. The average Bonchev–Trinajstić information content (AvgIpc) is 2.68.